The highest BCUT2D eigenvalue weighted by molar-refractivity contribution is 14.1. The highest BCUT2D eigenvalue weighted by Crippen LogP contribution is 2.36. The molecule has 110 valence electrons. The predicted octanol–water partition coefficient (Wildman–Crippen LogP) is 4.84. The number of thiocarbonyl (C=S) groups is 1. The molecule has 0 N–H and O–H groups in total. The van der Waals surface area contributed by atoms with Crippen molar-refractivity contribution in [3.05, 3.63) is 68.4 Å². The zero-order valence-corrected chi connectivity index (χ0v) is 14.9. The van der Waals surface area contributed by atoms with Crippen molar-refractivity contribution < 1.29 is 9.18 Å². The number of halogens is 2. The van der Waals surface area contributed by atoms with Crippen LogP contribution in [0.25, 0.3) is 6.08 Å². The second-order valence-corrected chi connectivity index (χ2v) is 7.47. The van der Waals surface area contributed by atoms with Crippen LogP contribution in [0.1, 0.15) is 5.56 Å². The molecule has 1 aliphatic heterocycles. The van der Waals surface area contributed by atoms with E-state index in [-0.39, 0.29) is 11.7 Å². The first-order valence-electron chi connectivity index (χ1n) is 6.34. The summed E-state index contributed by atoms with van der Waals surface area (Å²) in [6.07, 6.45) is 1.82. The van der Waals surface area contributed by atoms with E-state index in [4.69, 9.17) is 12.2 Å². The van der Waals surface area contributed by atoms with E-state index in [0.29, 0.717) is 14.9 Å². The number of rotatable bonds is 2. The molecule has 22 heavy (non-hydrogen) atoms. The summed E-state index contributed by atoms with van der Waals surface area (Å²) in [4.78, 5) is 14.5. The quantitative estimate of drug-likeness (QED) is 0.378. The van der Waals surface area contributed by atoms with Gasteiger partial charge in [0.15, 0.2) is 4.32 Å². The van der Waals surface area contributed by atoms with Gasteiger partial charge >= 0.3 is 0 Å². The average Bonchev–Trinajstić information content (AvgIpc) is 2.77. The molecule has 1 amide bonds. The molecule has 6 heteroatoms. The Morgan fingerprint density at radius 2 is 1.73 bits per heavy atom. The summed E-state index contributed by atoms with van der Waals surface area (Å²) in [6, 6.07) is 13.6. The van der Waals surface area contributed by atoms with Crippen LogP contribution in [0.3, 0.4) is 0 Å². The molecule has 3 rings (SSSR count). The Morgan fingerprint density at radius 1 is 1.09 bits per heavy atom. The number of nitrogens with zero attached hydrogens (tertiary/aromatic N) is 1. The van der Waals surface area contributed by atoms with Crippen molar-refractivity contribution in [1.29, 1.82) is 0 Å². The van der Waals surface area contributed by atoms with Crippen LogP contribution in [-0.2, 0) is 4.79 Å². The fraction of sp³-hybridized carbons (Fsp3) is 0. The lowest BCUT2D eigenvalue weighted by molar-refractivity contribution is -0.113. The standard InChI is InChI=1S/C16H9FINOS2/c17-11-3-7-13(8-4-11)19-15(20)14(22-16(19)21)9-10-1-5-12(18)6-2-10/h1-9H. The van der Waals surface area contributed by atoms with Crippen LogP contribution in [0.4, 0.5) is 10.1 Å². The van der Waals surface area contributed by atoms with Gasteiger partial charge < -0.3 is 0 Å². The molecule has 1 aliphatic rings. The van der Waals surface area contributed by atoms with E-state index in [2.05, 4.69) is 22.6 Å². The molecule has 0 spiro atoms. The normalized spacial score (nSPS) is 16.6. The molecule has 2 aromatic rings. The Hall–Kier alpha value is -1.25. The maximum atomic E-state index is 13.0. The van der Waals surface area contributed by atoms with Crippen molar-refractivity contribution in [1.82, 2.24) is 0 Å². The number of anilines is 1. The zero-order valence-electron chi connectivity index (χ0n) is 11.1. The smallest absolute Gasteiger partial charge is 0.268 e. The minimum absolute atomic E-state index is 0.180. The lowest BCUT2D eigenvalue weighted by Gasteiger charge is -2.14. The van der Waals surface area contributed by atoms with Crippen molar-refractivity contribution in [2.45, 2.75) is 0 Å². The molecule has 0 aromatic heterocycles. The Bertz CT molecular complexity index is 772. The van der Waals surface area contributed by atoms with Gasteiger partial charge in [-0.2, -0.15) is 0 Å². The fourth-order valence-electron chi connectivity index (χ4n) is 1.99. The largest absolute Gasteiger partial charge is 0.270 e. The third-order valence-corrected chi connectivity index (χ3v) is 5.07. The monoisotopic (exact) mass is 441 g/mol. The van der Waals surface area contributed by atoms with Gasteiger partial charge in [0.1, 0.15) is 5.82 Å². The van der Waals surface area contributed by atoms with E-state index < -0.39 is 0 Å². The molecule has 0 saturated carbocycles. The van der Waals surface area contributed by atoms with E-state index in [1.54, 1.807) is 12.1 Å². The average molecular weight is 441 g/mol. The number of hydrogen-bond donors (Lipinski definition) is 0. The van der Waals surface area contributed by atoms with Gasteiger partial charge in [0.2, 0.25) is 0 Å². The van der Waals surface area contributed by atoms with Gasteiger partial charge in [-0.15, -0.1) is 0 Å². The van der Waals surface area contributed by atoms with Crippen molar-refractivity contribution in [3.63, 3.8) is 0 Å². The molecule has 0 unspecified atom stereocenters. The maximum Gasteiger partial charge on any atom is 0.270 e. The fourth-order valence-corrected chi connectivity index (χ4v) is 3.65. The summed E-state index contributed by atoms with van der Waals surface area (Å²) >= 11 is 8.76. The highest BCUT2D eigenvalue weighted by atomic mass is 127. The molecule has 2 aromatic carbocycles. The third kappa shape index (κ3) is 3.23. The molecule has 0 atom stereocenters. The molecule has 0 bridgehead atoms. The molecule has 1 fully saturated rings. The van der Waals surface area contributed by atoms with E-state index in [1.165, 1.54) is 28.8 Å². The number of thioether (sulfide) groups is 1. The topological polar surface area (TPSA) is 20.3 Å². The molecule has 2 nitrogen and oxygen atoms in total. The van der Waals surface area contributed by atoms with Gasteiger partial charge in [-0.25, -0.2) is 4.39 Å². The number of carbonyl (C=O) groups excluding carboxylic acids is 1. The summed E-state index contributed by atoms with van der Waals surface area (Å²) in [5, 5.41) is 0. The molecule has 0 aliphatic carbocycles. The van der Waals surface area contributed by atoms with Gasteiger partial charge in [0.05, 0.1) is 10.6 Å². The van der Waals surface area contributed by atoms with Crippen LogP contribution in [-0.4, -0.2) is 10.2 Å². The van der Waals surface area contributed by atoms with Gasteiger partial charge in [-0.3, -0.25) is 9.69 Å². The van der Waals surface area contributed by atoms with E-state index in [0.717, 1.165) is 9.13 Å². The van der Waals surface area contributed by atoms with Gasteiger partial charge in [0, 0.05) is 3.57 Å². The van der Waals surface area contributed by atoms with E-state index >= 15 is 0 Å². The molecule has 0 radical (unpaired) electrons. The Balaban J connectivity index is 1.91. The zero-order chi connectivity index (χ0) is 15.7. The first-order valence-corrected chi connectivity index (χ1v) is 8.64. The van der Waals surface area contributed by atoms with Crippen LogP contribution in [0.15, 0.2) is 53.4 Å². The first kappa shape index (κ1) is 15.6. The van der Waals surface area contributed by atoms with E-state index in [9.17, 15) is 9.18 Å². The van der Waals surface area contributed by atoms with Crippen molar-refractivity contribution in [2.75, 3.05) is 4.90 Å². The van der Waals surface area contributed by atoms with Crippen LogP contribution in [0.5, 0.6) is 0 Å². The number of carbonyl (C=O) groups is 1. The first-order chi connectivity index (χ1) is 10.5. The lowest BCUT2D eigenvalue weighted by Crippen LogP contribution is -2.27. The van der Waals surface area contributed by atoms with Crippen molar-refractivity contribution >= 4 is 68.6 Å². The Labute approximate surface area is 150 Å². The van der Waals surface area contributed by atoms with Crippen LogP contribution in [0, 0.1) is 9.39 Å². The minimum atomic E-state index is -0.344. The molecule has 1 heterocycles. The third-order valence-electron chi connectivity index (χ3n) is 3.05. The van der Waals surface area contributed by atoms with Crippen LogP contribution >= 0.6 is 46.6 Å². The number of hydrogen-bond acceptors (Lipinski definition) is 3. The predicted molar refractivity (Wildman–Crippen MR) is 101 cm³/mol. The van der Waals surface area contributed by atoms with Gasteiger partial charge in [0.25, 0.3) is 5.91 Å². The van der Waals surface area contributed by atoms with Crippen molar-refractivity contribution in [3.8, 4) is 0 Å². The van der Waals surface area contributed by atoms with Crippen molar-refractivity contribution in [2.24, 2.45) is 0 Å². The van der Waals surface area contributed by atoms with Gasteiger partial charge in [-0.05, 0) is 70.6 Å². The second kappa shape index (κ2) is 6.47. The van der Waals surface area contributed by atoms with Crippen LogP contribution < -0.4 is 4.90 Å². The molecule has 1 saturated heterocycles. The van der Waals surface area contributed by atoms with Crippen LogP contribution in [0.2, 0.25) is 0 Å². The number of benzene rings is 2. The molecular weight excluding hydrogens is 432 g/mol. The Morgan fingerprint density at radius 3 is 2.36 bits per heavy atom. The summed E-state index contributed by atoms with van der Waals surface area (Å²) in [5.74, 6) is -0.524. The minimum Gasteiger partial charge on any atom is -0.268 e. The summed E-state index contributed by atoms with van der Waals surface area (Å²) in [6.45, 7) is 0. The molecular formula is C16H9FINOS2. The summed E-state index contributed by atoms with van der Waals surface area (Å²) in [7, 11) is 0. The second-order valence-electron chi connectivity index (χ2n) is 4.55. The summed E-state index contributed by atoms with van der Waals surface area (Å²) in [5.41, 5.74) is 1.52. The summed E-state index contributed by atoms with van der Waals surface area (Å²) < 4.78 is 14.6. The van der Waals surface area contributed by atoms with Gasteiger partial charge in [-0.1, -0.05) is 36.1 Å². The van der Waals surface area contributed by atoms with E-state index in [1.807, 2.05) is 30.3 Å². The maximum absolute atomic E-state index is 13.0. The highest BCUT2D eigenvalue weighted by Gasteiger charge is 2.33. The Kier molecular flexibility index (Phi) is 4.60. The SMILES string of the molecule is O=C1C(=Cc2ccc(I)cc2)SC(=S)N1c1ccc(F)cc1. The lowest BCUT2D eigenvalue weighted by atomic mass is 10.2. The number of amides is 1.